The van der Waals surface area contributed by atoms with Crippen LogP contribution in [0.3, 0.4) is 0 Å². The lowest BCUT2D eigenvalue weighted by Crippen LogP contribution is -2.43. The van der Waals surface area contributed by atoms with Crippen molar-refractivity contribution in [2.75, 3.05) is 34.3 Å². The van der Waals surface area contributed by atoms with Crippen LogP contribution in [-0.4, -0.2) is 56.0 Å². The van der Waals surface area contributed by atoms with E-state index in [-0.39, 0.29) is 12.5 Å². The van der Waals surface area contributed by atoms with Crippen LogP contribution >= 0.6 is 0 Å². The van der Waals surface area contributed by atoms with Crippen LogP contribution in [0.5, 0.6) is 0 Å². The van der Waals surface area contributed by atoms with E-state index in [0.717, 1.165) is 17.4 Å². The number of ether oxygens (including phenoxy) is 1. The predicted octanol–water partition coefficient (Wildman–Crippen LogP) is 8.37. The number of aliphatic carboxylic acids is 1. The van der Waals surface area contributed by atoms with E-state index in [2.05, 4.69) is 28.1 Å². The first-order valence-corrected chi connectivity index (χ1v) is 14.5. The Morgan fingerprint density at radius 3 is 1.27 bits per heavy atom. The maximum atomic E-state index is 11.0. The zero-order valence-corrected chi connectivity index (χ0v) is 23.1. The van der Waals surface area contributed by atoms with E-state index in [1.807, 2.05) is 0 Å². The van der Waals surface area contributed by atoms with Gasteiger partial charge in [0.25, 0.3) is 0 Å². The topological polar surface area (TPSA) is 46.5 Å². The van der Waals surface area contributed by atoms with Gasteiger partial charge in [-0.05, 0) is 6.42 Å². The molecule has 1 atom stereocenters. The predicted molar refractivity (Wildman–Crippen MR) is 143 cm³/mol. The molecule has 0 aliphatic rings. The Morgan fingerprint density at radius 1 is 0.636 bits per heavy atom. The van der Waals surface area contributed by atoms with Gasteiger partial charge >= 0.3 is 5.97 Å². The van der Waals surface area contributed by atoms with E-state index < -0.39 is 5.97 Å². The lowest BCUT2D eigenvalue weighted by Gasteiger charge is -2.28. The Kier molecular flexibility index (Phi) is 22.7. The Bertz CT molecular complexity index is 420. The number of hydrogen-bond acceptors (Lipinski definition) is 2. The molecule has 0 aliphatic heterocycles. The van der Waals surface area contributed by atoms with E-state index in [9.17, 15) is 4.79 Å². The van der Waals surface area contributed by atoms with Crippen LogP contribution < -0.4 is 0 Å². The van der Waals surface area contributed by atoms with Gasteiger partial charge in [-0.3, -0.25) is 4.79 Å². The standard InChI is InChI=1S/C29H59NO3/c1-5-6-7-8-9-10-11-12-13-14-15-16-17-18-19-20-21-22-23-24-25-33-28(26-29(31)32)27-30(2,3)4/h28H,5-27H2,1-4H3/p+1. The molecule has 0 amide bonds. The van der Waals surface area contributed by atoms with Gasteiger partial charge < -0.3 is 14.3 Å². The Hall–Kier alpha value is -0.610. The summed E-state index contributed by atoms with van der Waals surface area (Å²) in [5, 5.41) is 9.07. The van der Waals surface area contributed by atoms with Crippen molar-refractivity contribution in [1.82, 2.24) is 0 Å². The molecule has 0 radical (unpaired) electrons. The van der Waals surface area contributed by atoms with Crippen molar-refractivity contribution in [2.24, 2.45) is 0 Å². The quantitative estimate of drug-likeness (QED) is 0.102. The number of carboxylic acid groups (broad SMARTS) is 1. The molecule has 0 saturated carbocycles. The average molecular weight is 471 g/mol. The molecule has 0 aliphatic carbocycles. The van der Waals surface area contributed by atoms with Crippen molar-refractivity contribution >= 4 is 5.97 Å². The zero-order chi connectivity index (χ0) is 24.6. The summed E-state index contributed by atoms with van der Waals surface area (Å²) in [5.74, 6) is -0.767. The van der Waals surface area contributed by atoms with E-state index in [1.54, 1.807) is 0 Å². The molecule has 0 aromatic heterocycles. The lowest BCUT2D eigenvalue weighted by atomic mass is 10.0. The average Bonchev–Trinajstić information content (AvgIpc) is 2.73. The maximum Gasteiger partial charge on any atom is 0.306 e. The molecular formula is C29H60NO3+. The third-order valence-corrected chi connectivity index (χ3v) is 6.51. The van der Waals surface area contributed by atoms with Crippen LogP contribution in [0.4, 0.5) is 0 Å². The number of carboxylic acids is 1. The molecule has 0 fully saturated rings. The highest BCUT2D eigenvalue weighted by Crippen LogP contribution is 2.15. The molecule has 0 spiro atoms. The third kappa shape index (κ3) is 27.5. The van der Waals surface area contributed by atoms with E-state index in [1.165, 1.54) is 122 Å². The second-order valence-electron chi connectivity index (χ2n) is 11.3. The first-order chi connectivity index (χ1) is 15.8. The number of carbonyl (C=O) groups is 1. The van der Waals surface area contributed by atoms with Gasteiger partial charge in [-0.15, -0.1) is 0 Å². The fourth-order valence-electron chi connectivity index (χ4n) is 4.59. The summed E-state index contributed by atoms with van der Waals surface area (Å²) < 4.78 is 6.60. The first kappa shape index (κ1) is 32.4. The molecule has 0 rings (SSSR count). The van der Waals surface area contributed by atoms with Crippen molar-refractivity contribution < 1.29 is 19.1 Å². The number of nitrogens with zero attached hydrogens (tertiary/aromatic N) is 1. The number of rotatable bonds is 26. The van der Waals surface area contributed by atoms with Gasteiger partial charge in [0.2, 0.25) is 0 Å². The van der Waals surface area contributed by atoms with Crippen molar-refractivity contribution in [1.29, 1.82) is 0 Å². The van der Waals surface area contributed by atoms with Crippen molar-refractivity contribution in [2.45, 2.75) is 148 Å². The maximum absolute atomic E-state index is 11.0. The van der Waals surface area contributed by atoms with E-state index in [0.29, 0.717) is 6.61 Å². The second kappa shape index (κ2) is 23.1. The smallest absolute Gasteiger partial charge is 0.306 e. The Balaban J connectivity index is 3.31. The summed E-state index contributed by atoms with van der Waals surface area (Å²) in [6, 6.07) is 0. The van der Waals surface area contributed by atoms with Gasteiger partial charge in [-0.1, -0.05) is 129 Å². The second-order valence-corrected chi connectivity index (χ2v) is 11.3. The molecule has 4 heteroatoms. The highest BCUT2D eigenvalue weighted by Gasteiger charge is 2.21. The van der Waals surface area contributed by atoms with Crippen LogP contribution in [0.15, 0.2) is 0 Å². The largest absolute Gasteiger partial charge is 0.481 e. The summed E-state index contributed by atoms with van der Waals surface area (Å²) >= 11 is 0. The highest BCUT2D eigenvalue weighted by molar-refractivity contribution is 5.67. The molecule has 0 heterocycles. The summed E-state index contributed by atoms with van der Waals surface area (Å²) in [6.07, 6.45) is 27.6. The summed E-state index contributed by atoms with van der Waals surface area (Å²) in [7, 11) is 6.24. The van der Waals surface area contributed by atoms with Crippen molar-refractivity contribution in [3.05, 3.63) is 0 Å². The Morgan fingerprint density at radius 2 is 0.970 bits per heavy atom. The van der Waals surface area contributed by atoms with Crippen LogP contribution in [0, 0.1) is 0 Å². The minimum atomic E-state index is -0.767. The monoisotopic (exact) mass is 470 g/mol. The van der Waals surface area contributed by atoms with Gasteiger partial charge in [0, 0.05) is 6.61 Å². The van der Waals surface area contributed by atoms with E-state index in [4.69, 9.17) is 9.84 Å². The van der Waals surface area contributed by atoms with Crippen LogP contribution in [0.25, 0.3) is 0 Å². The number of unbranched alkanes of at least 4 members (excludes halogenated alkanes) is 19. The summed E-state index contributed by atoms with van der Waals surface area (Å²) in [6.45, 7) is 3.72. The van der Waals surface area contributed by atoms with Gasteiger partial charge in [-0.2, -0.15) is 0 Å². The van der Waals surface area contributed by atoms with Crippen LogP contribution in [0.1, 0.15) is 142 Å². The van der Waals surface area contributed by atoms with Gasteiger partial charge in [-0.25, -0.2) is 0 Å². The molecule has 0 aromatic rings. The van der Waals surface area contributed by atoms with Crippen LogP contribution in [0.2, 0.25) is 0 Å². The number of likely N-dealkylation sites (N-methyl/N-ethyl adjacent to an activating group) is 1. The molecule has 0 bridgehead atoms. The molecular weight excluding hydrogens is 410 g/mol. The molecule has 1 unspecified atom stereocenters. The minimum Gasteiger partial charge on any atom is -0.481 e. The van der Waals surface area contributed by atoms with Crippen molar-refractivity contribution in [3.8, 4) is 0 Å². The molecule has 4 nitrogen and oxygen atoms in total. The lowest BCUT2D eigenvalue weighted by molar-refractivity contribution is -0.873. The summed E-state index contributed by atoms with van der Waals surface area (Å²) in [5.41, 5.74) is 0. The molecule has 33 heavy (non-hydrogen) atoms. The van der Waals surface area contributed by atoms with Gasteiger partial charge in [0.15, 0.2) is 0 Å². The number of hydrogen-bond donors (Lipinski definition) is 1. The molecule has 0 saturated heterocycles. The van der Waals surface area contributed by atoms with Crippen LogP contribution in [-0.2, 0) is 9.53 Å². The molecule has 1 N–H and O–H groups in total. The fourth-order valence-corrected chi connectivity index (χ4v) is 4.59. The first-order valence-electron chi connectivity index (χ1n) is 14.5. The third-order valence-electron chi connectivity index (χ3n) is 6.51. The van der Waals surface area contributed by atoms with Gasteiger partial charge in [0.1, 0.15) is 12.6 Å². The van der Waals surface area contributed by atoms with Crippen molar-refractivity contribution in [3.63, 3.8) is 0 Å². The minimum absolute atomic E-state index is 0.106. The summed E-state index contributed by atoms with van der Waals surface area (Å²) in [4.78, 5) is 11.0. The fraction of sp³-hybridized carbons (Fsp3) is 0.966. The molecule has 0 aromatic carbocycles. The Labute approximate surface area is 207 Å². The normalized spacial score (nSPS) is 12.8. The van der Waals surface area contributed by atoms with E-state index >= 15 is 0 Å². The number of quaternary nitrogens is 1. The zero-order valence-electron chi connectivity index (χ0n) is 23.1. The van der Waals surface area contributed by atoms with Gasteiger partial charge in [0.05, 0.1) is 27.6 Å². The molecule has 198 valence electrons. The highest BCUT2D eigenvalue weighted by atomic mass is 16.5. The SMILES string of the molecule is CCCCCCCCCCCCCCCCCCCCCCOC(CC(=O)O)C[N+](C)(C)C.